The van der Waals surface area contributed by atoms with Crippen molar-refractivity contribution in [2.45, 2.75) is 13.8 Å². The topological polar surface area (TPSA) is 50.2 Å². The highest BCUT2D eigenvalue weighted by atomic mass is 32.1. The lowest BCUT2D eigenvalue weighted by Crippen LogP contribution is -1.99. The van der Waals surface area contributed by atoms with Crippen molar-refractivity contribution in [1.82, 2.24) is 4.98 Å². The highest BCUT2D eigenvalue weighted by Gasteiger charge is 2.12. The van der Waals surface area contributed by atoms with E-state index in [0.717, 1.165) is 22.4 Å². The van der Waals surface area contributed by atoms with Crippen LogP contribution in [0.15, 0.2) is 23.0 Å². The molecule has 2 aromatic rings. The zero-order chi connectivity index (χ0) is 11.7. The van der Waals surface area contributed by atoms with Crippen LogP contribution in [0.4, 0.5) is 0 Å². The van der Waals surface area contributed by atoms with Gasteiger partial charge in [-0.25, -0.2) is 9.78 Å². The number of aromatic nitrogens is 1. The van der Waals surface area contributed by atoms with E-state index < -0.39 is 5.97 Å². The van der Waals surface area contributed by atoms with Crippen LogP contribution < -0.4 is 0 Å². The molecule has 0 fully saturated rings. The number of carboxylic acid groups (broad SMARTS) is 1. The molecule has 4 heteroatoms. The molecule has 1 aromatic heterocycles. The first-order chi connectivity index (χ1) is 7.59. The number of hydrogen-bond acceptors (Lipinski definition) is 3. The highest BCUT2D eigenvalue weighted by Crippen LogP contribution is 2.28. The van der Waals surface area contributed by atoms with Crippen LogP contribution >= 0.6 is 11.3 Å². The number of hydrogen-bond donors (Lipinski definition) is 1. The Hall–Kier alpha value is -1.68. The summed E-state index contributed by atoms with van der Waals surface area (Å²) in [5, 5.41) is 10.9. The smallest absolute Gasteiger partial charge is 0.335 e. The van der Waals surface area contributed by atoms with Crippen LogP contribution in [0.2, 0.25) is 0 Å². The van der Waals surface area contributed by atoms with Gasteiger partial charge in [-0.1, -0.05) is 0 Å². The molecule has 82 valence electrons. The molecule has 0 amide bonds. The van der Waals surface area contributed by atoms with Gasteiger partial charge in [-0.15, -0.1) is 11.3 Å². The van der Waals surface area contributed by atoms with Gasteiger partial charge in [0.25, 0.3) is 0 Å². The molecular formula is C12H11NO2S. The van der Waals surface area contributed by atoms with Gasteiger partial charge in [-0.3, -0.25) is 0 Å². The summed E-state index contributed by atoms with van der Waals surface area (Å²) in [6.07, 6.45) is 0. The van der Waals surface area contributed by atoms with Crippen LogP contribution in [0, 0.1) is 13.8 Å². The van der Waals surface area contributed by atoms with Gasteiger partial charge in [0.1, 0.15) is 0 Å². The molecule has 1 aromatic carbocycles. The number of aromatic carboxylic acids is 1. The number of thiazole rings is 1. The van der Waals surface area contributed by atoms with Gasteiger partial charge < -0.3 is 5.11 Å². The minimum absolute atomic E-state index is 0.328. The van der Waals surface area contributed by atoms with E-state index in [-0.39, 0.29) is 0 Å². The number of carboxylic acids is 1. The normalized spacial score (nSPS) is 10.4. The Morgan fingerprint density at radius 1 is 1.31 bits per heavy atom. The fourth-order valence-corrected chi connectivity index (χ4v) is 2.37. The summed E-state index contributed by atoms with van der Waals surface area (Å²) >= 11 is 1.53. The van der Waals surface area contributed by atoms with Crippen LogP contribution in [-0.4, -0.2) is 16.1 Å². The Kier molecular flexibility index (Phi) is 2.75. The second kappa shape index (κ2) is 4.06. The molecule has 3 nitrogen and oxygen atoms in total. The summed E-state index contributed by atoms with van der Waals surface area (Å²) in [6, 6.07) is 3.37. The summed E-state index contributed by atoms with van der Waals surface area (Å²) in [5.41, 5.74) is 5.95. The largest absolute Gasteiger partial charge is 0.478 e. The lowest BCUT2D eigenvalue weighted by molar-refractivity contribution is 0.0696. The molecule has 0 bridgehead atoms. The van der Waals surface area contributed by atoms with E-state index in [0.29, 0.717) is 5.56 Å². The lowest BCUT2D eigenvalue weighted by Gasteiger charge is -2.08. The minimum atomic E-state index is -0.893. The molecule has 0 aliphatic rings. The molecule has 1 heterocycles. The Morgan fingerprint density at radius 2 is 1.94 bits per heavy atom. The fraction of sp³-hybridized carbons (Fsp3) is 0.167. The number of carbonyl (C=O) groups is 1. The quantitative estimate of drug-likeness (QED) is 0.867. The average molecular weight is 233 g/mol. The van der Waals surface area contributed by atoms with Crippen molar-refractivity contribution < 1.29 is 9.90 Å². The van der Waals surface area contributed by atoms with Gasteiger partial charge in [-0.05, 0) is 37.1 Å². The number of nitrogens with zero attached hydrogens (tertiary/aromatic N) is 1. The van der Waals surface area contributed by atoms with Crippen molar-refractivity contribution in [3.63, 3.8) is 0 Å². The SMILES string of the molecule is Cc1cc(C(=O)O)cc(C)c1-c1cscn1. The number of benzene rings is 1. The molecule has 0 spiro atoms. The summed E-state index contributed by atoms with van der Waals surface area (Å²) < 4.78 is 0. The van der Waals surface area contributed by atoms with Crippen LogP contribution in [0.3, 0.4) is 0 Å². The highest BCUT2D eigenvalue weighted by molar-refractivity contribution is 7.07. The van der Waals surface area contributed by atoms with Crippen LogP contribution in [0.25, 0.3) is 11.3 Å². The van der Waals surface area contributed by atoms with Gasteiger partial charge in [0, 0.05) is 10.9 Å². The van der Waals surface area contributed by atoms with Gasteiger partial charge in [0.05, 0.1) is 16.8 Å². The first-order valence-corrected chi connectivity index (χ1v) is 5.77. The maximum atomic E-state index is 10.9. The Bertz CT molecular complexity index is 509. The van der Waals surface area contributed by atoms with E-state index in [1.54, 1.807) is 17.6 Å². The molecular weight excluding hydrogens is 222 g/mol. The maximum Gasteiger partial charge on any atom is 0.335 e. The van der Waals surface area contributed by atoms with Crippen LogP contribution in [0.1, 0.15) is 21.5 Å². The molecule has 0 unspecified atom stereocenters. The van der Waals surface area contributed by atoms with E-state index in [1.165, 1.54) is 11.3 Å². The van der Waals surface area contributed by atoms with E-state index in [4.69, 9.17) is 5.11 Å². The average Bonchev–Trinajstić information content (AvgIpc) is 2.69. The molecule has 16 heavy (non-hydrogen) atoms. The Morgan fingerprint density at radius 3 is 2.38 bits per heavy atom. The summed E-state index contributed by atoms with van der Waals surface area (Å²) in [6.45, 7) is 3.82. The monoisotopic (exact) mass is 233 g/mol. The summed E-state index contributed by atoms with van der Waals surface area (Å²) in [4.78, 5) is 15.1. The number of rotatable bonds is 2. The van der Waals surface area contributed by atoms with Gasteiger partial charge in [0.2, 0.25) is 0 Å². The first kappa shape index (κ1) is 10.8. The van der Waals surface area contributed by atoms with Crippen LogP contribution in [-0.2, 0) is 0 Å². The lowest BCUT2D eigenvalue weighted by atomic mass is 9.97. The van der Waals surface area contributed by atoms with Gasteiger partial charge >= 0.3 is 5.97 Å². The van der Waals surface area contributed by atoms with Crippen molar-refractivity contribution in [2.75, 3.05) is 0 Å². The molecule has 1 N–H and O–H groups in total. The predicted molar refractivity (Wildman–Crippen MR) is 64.0 cm³/mol. The second-order valence-electron chi connectivity index (χ2n) is 3.66. The zero-order valence-electron chi connectivity index (χ0n) is 9.02. The van der Waals surface area contributed by atoms with E-state index in [2.05, 4.69) is 4.98 Å². The first-order valence-electron chi connectivity index (χ1n) is 4.82. The molecule has 0 radical (unpaired) electrons. The molecule has 2 rings (SSSR count). The fourth-order valence-electron chi connectivity index (χ4n) is 1.83. The van der Waals surface area contributed by atoms with Gasteiger partial charge in [-0.2, -0.15) is 0 Å². The minimum Gasteiger partial charge on any atom is -0.478 e. The molecule has 0 atom stereocenters. The molecule has 0 aliphatic carbocycles. The third-order valence-corrected chi connectivity index (χ3v) is 3.05. The van der Waals surface area contributed by atoms with Crippen molar-refractivity contribution in [1.29, 1.82) is 0 Å². The third kappa shape index (κ3) is 1.84. The van der Waals surface area contributed by atoms with E-state index >= 15 is 0 Å². The zero-order valence-corrected chi connectivity index (χ0v) is 9.84. The summed E-state index contributed by atoms with van der Waals surface area (Å²) in [7, 11) is 0. The number of aryl methyl sites for hydroxylation is 2. The molecule has 0 saturated carbocycles. The van der Waals surface area contributed by atoms with Crippen molar-refractivity contribution in [2.24, 2.45) is 0 Å². The maximum absolute atomic E-state index is 10.9. The molecule has 0 aliphatic heterocycles. The van der Waals surface area contributed by atoms with E-state index in [1.807, 2.05) is 19.2 Å². The summed E-state index contributed by atoms with van der Waals surface area (Å²) in [5.74, 6) is -0.893. The second-order valence-corrected chi connectivity index (χ2v) is 4.38. The van der Waals surface area contributed by atoms with Crippen molar-refractivity contribution in [3.05, 3.63) is 39.7 Å². The van der Waals surface area contributed by atoms with E-state index in [9.17, 15) is 4.79 Å². The van der Waals surface area contributed by atoms with Crippen molar-refractivity contribution in [3.8, 4) is 11.3 Å². The van der Waals surface area contributed by atoms with Crippen molar-refractivity contribution >= 4 is 17.3 Å². The Labute approximate surface area is 97.4 Å². The van der Waals surface area contributed by atoms with Crippen LogP contribution in [0.5, 0.6) is 0 Å². The third-order valence-electron chi connectivity index (χ3n) is 2.47. The Balaban J connectivity index is 2.61. The standard InChI is InChI=1S/C12H11NO2S/c1-7-3-9(12(14)15)4-8(2)11(7)10-5-16-6-13-10/h3-6H,1-2H3,(H,14,15). The van der Waals surface area contributed by atoms with Gasteiger partial charge in [0.15, 0.2) is 0 Å². The molecule has 0 saturated heterocycles. The predicted octanol–water partition coefficient (Wildman–Crippen LogP) is 3.13.